The molecule has 2 rings (SSSR count). The number of aliphatic hydroxyl groups excluding tert-OH is 1. The molecule has 3 atom stereocenters. The first-order valence-corrected chi connectivity index (χ1v) is 9.15. The molecule has 6 heteroatoms. The van der Waals surface area contributed by atoms with Gasteiger partial charge in [-0.2, -0.15) is 0 Å². The third-order valence-corrected chi connectivity index (χ3v) is 5.29. The molecule has 2 N–H and O–H groups in total. The van der Waals surface area contributed by atoms with Gasteiger partial charge in [-0.3, -0.25) is 0 Å². The highest BCUT2D eigenvalue weighted by molar-refractivity contribution is 5.74. The zero-order valence-corrected chi connectivity index (χ0v) is 15.0. The summed E-state index contributed by atoms with van der Waals surface area (Å²) in [5.41, 5.74) is 0. The summed E-state index contributed by atoms with van der Waals surface area (Å²) in [6.07, 6.45) is 0.494. The molecule has 2 amide bonds. The Morgan fingerprint density at radius 1 is 1.22 bits per heavy atom. The molecule has 0 bridgehead atoms. The summed E-state index contributed by atoms with van der Waals surface area (Å²) >= 11 is 0. The van der Waals surface area contributed by atoms with Crippen LogP contribution in [0.5, 0.6) is 0 Å². The summed E-state index contributed by atoms with van der Waals surface area (Å²) < 4.78 is 0. The fourth-order valence-electron chi connectivity index (χ4n) is 3.40. The summed E-state index contributed by atoms with van der Waals surface area (Å²) in [4.78, 5) is 18.9. The highest BCUT2D eigenvalue weighted by Crippen LogP contribution is 2.16. The molecule has 134 valence electrons. The second-order valence-corrected chi connectivity index (χ2v) is 7.31. The van der Waals surface area contributed by atoms with Gasteiger partial charge in [0.25, 0.3) is 0 Å². The number of amides is 2. The van der Waals surface area contributed by atoms with Gasteiger partial charge < -0.3 is 25.1 Å². The lowest BCUT2D eigenvalue weighted by atomic mass is 9.96. The van der Waals surface area contributed by atoms with E-state index in [1.807, 2.05) is 6.92 Å². The van der Waals surface area contributed by atoms with Crippen LogP contribution in [0.25, 0.3) is 0 Å². The molecule has 23 heavy (non-hydrogen) atoms. The van der Waals surface area contributed by atoms with Crippen LogP contribution in [0.15, 0.2) is 0 Å². The Morgan fingerprint density at radius 3 is 2.48 bits per heavy atom. The number of likely N-dealkylation sites (N-methyl/N-ethyl adjacent to an activating group) is 1. The molecule has 2 heterocycles. The van der Waals surface area contributed by atoms with Gasteiger partial charge >= 0.3 is 6.03 Å². The van der Waals surface area contributed by atoms with E-state index in [1.165, 1.54) is 0 Å². The van der Waals surface area contributed by atoms with Gasteiger partial charge in [-0.1, -0.05) is 20.8 Å². The van der Waals surface area contributed by atoms with E-state index in [0.717, 1.165) is 52.2 Å². The van der Waals surface area contributed by atoms with Gasteiger partial charge in [0.1, 0.15) is 0 Å². The van der Waals surface area contributed by atoms with Crippen LogP contribution in [0.2, 0.25) is 0 Å². The van der Waals surface area contributed by atoms with E-state index in [2.05, 4.69) is 29.0 Å². The Hall–Kier alpha value is -0.850. The molecule has 6 nitrogen and oxygen atoms in total. The molecule has 0 aliphatic carbocycles. The molecule has 3 unspecified atom stereocenters. The van der Waals surface area contributed by atoms with E-state index in [4.69, 9.17) is 0 Å². The number of rotatable bonds is 5. The molecule has 0 saturated carbocycles. The topological polar surface area (TPSA) is 59.0 Å². The van der Waals surface area contributed by atoms with Gasteiger partial charge in [0.2, 0.25) is 0 Å². The highest BCUT2D eigenvalue weighted by atomic mass is 16.3. The number of likely N-dealkylation sites (tertiary alicyclic amines) is 1. The molecule has 0 aromatic heterocycles. The lowest BCUT2D eigenvalue weighted by molar-refractivity contribution is 0.0432. The van der Waals surface area contributed by atoms with Crippen LogP contribution in [0, 0.1) is 11.8 Å². The van der Waals surface area contributed by atoms with Crippen LogP contribution >= 0.6 is 0 Å². The van der Waals surface area contributed by atoms with Crippen molar-refractivity contribution >= 4 is 6.03 Å². The summed E-state index contributed by atoms with van der Waals surface area (Å²) in [7, 11) is 0. The van der Waals surface area contributed by atoms with Crippen molar-refractivity contribution in [3.8, 4) is 0 Å². The second kappa shape index (κ2) is 8.85. The van der Waals surface area contributed by atoms with Crippen molar-refractivity contribution in [2.24, 2.45) is 11.8 Å². The zero-order chi connectivity index (χ0) is 16.8. The molecule has 2 fully saturated rings. The van der Waals surface area contributed by atoms with Gasteiger partial charge in [0, 0.05) is 52.4 Å². The molecular formula is C17H34N4O2. The van der Waals surface area contributed by atoms with Crippen molar-refractivity contribution in [3.63, 3.8) is 0 Å². The van der Waals surface area contributed by atoms with E-state index in [9.17, 15) is 9.90 Å². The van der Waals surface area contributed by atoms with Crippen molar-refractivity contribution in [2.75, 3.05) is 58.9 Å². The number of hydrogen-bond acceptors (Lipinski definition) is 4. The first-order chi connectivity index (χ1) is 11.0. The van der Waals surface area contributed by atoms with Crippen molar-refractivity contribution < 1.29 is 9.90 Å². The normalized spacial score (nSPS) is 28.6. The number of piperidine rings is 1. The van der Waals surface area contributed by atoms with E-state index in [-0.39, 0.29) is 12.1 Å². The maximum absolute atomic E-state index is 12.2. The van der Waals surface area contributed by atoms with Crippen LogP contribution in [-0.4, -0.2) is 90.8 Å². The van der Waals surface area contributed by atoms with Gasteiger partial charge in [-0.15, -0.1) is 0 Å². The molecule has 0 aromatic rings. The third-order valence-electron chi connectivity index (χ3n) is 5.29. The predicted octanol–water partition coefficient (Wildman–Crippen LogP) is 0.672. The Balaban J connectivity index is 1.64. The van der Waals surface area contributed by atoms with Crippen molar-refractivity contribution in [3.05, 3.63) is 0 Å². The number of nitrogens with one attached hydrogen (secondary N) is 1. The minimum absolute atomic E-state index is 0.0291. The average molecular weight is 326 g/mol. The quantitative estimate of drug-likeness (QED) is 0.780. The van der Waals surface area contributed by atoms with Crippen LogP contribution in [0.1, 0.15) is 27.2 Å². The standard InChI is InChI=1S/C17H34N4O2/c1-4-19-7-9-20(10-8-19)12-14(2)11-18-17(23)21-6-5-15(3)16(22)13-21/h14-16,22H,4-13H2,1-3H3,(H,18,23). The first-order valence-electron chi connectivity index (χ1n) is 9.15. The minimum atomic E-state index is -0.387. The van der Waals surface area contributed by atoms with Gasteiger partial charge in [-0.05, 0) is 24.8 Å². The Kier molecular flexibility index (Phi) is 7.11. The smallest absolute Gasteiger partial charge is 0.317 e. The molecule has 2 aliphatic heterocycles. The molecule has 2 aliphatic rings. The van der Waals surface area contributed by atoms with E-state index >= 15 is 0 Å². The lowest BCUT2D eigenvalue weighted by Crippen LogP contribution is -2.51. The number of carbonyl (C=O) groups excluding carboxylic acids is 1. The van der Waals surface area contributed by atoms with Gasteiger partial charge in [-0.25, -0.2) is 4.79 Å². The maximum atomic E-state index is 12.2. The molecule has 0 spiro atoms. The van der Waals surface area contributed by atoms with Crippen LogP contribution in [-0.2, 0) is 0 Å². The number of β-amino-alcohol motifs (C(OH)–C–C–N with tert-alkyl or cyclic N) is 1. The summed E-state index contributed by atoms with van der Waals surface area (Å²) in [5, 5.41) is 12.9. The number of hydrogen-bond donors (Lipinski definition) is 2. The number of carbonyl (C=O) groups is 1. The second-order valence-electron chi connectivity index (χ2n) is 7.31. The van der Waals surface area contributed by atoms with Crippen LogP contribution < -0.4 is 5.32 Å². The number of nitrogens with zero attached hydrogens (tertiary/aromatic N) is 3. The van der Waals surface area contributed by atoms with Crippen molar-refractivity contribution in [2.45, 2.75) is 33.3 Å². The summed E-state index contributed by atoms with van der Waals surface area (Å²) in [6, 6.07) is -0.0291. The SMILES string of the molecule is CCN1CCN(CC(C)CNC(=O)N2CCC(C)C(O)C2)CC1. The van der Waals surface area contributed by atoms with Crippen LogP contribution in [0.3, 0.4) is 0 Å². The summed E-state index contributed by atoms with van der Waals surface area (Å²) in [5.74, 6) is 0.737. The zero-order valence-electron chi connectivity index (χ0n) is 15.0. The predicted molar refractivity (Wildman–Crippen MR) is 92.5 cm³/mol. The van der Waals surface area contributed by atoms with Gasteiger partial charge in [0.05, 0.1) is 6.10 Å². The van der Waals surface area contributed by atoms with E-state index in [1.54, 1.807) is 4.90 Å². The summed E-state index contributed by atoms with van der Waals surface area (Å²) in [6.45, 7) is 15.1. The molecular weight excluding hydrogens is 292 g/mol. The number of aliphatic hydroxyl groups is 1. The molecule has 0 aromatic carbocycles. The number of piperazine rings is 1. The lowest BCUT2D eigenvalue weighted by Gasteiger charge is -2.36. The van der Waals surface area contributed by atoms with Crippen LogP contribution in [0.4, 0.5) is 4.79 Å². The fraction of sp³-hybridized carbons (Fsp3) is 0.941. The van der Waals surface area contributed by atoms with E-state index < -0.39 is 0 Å². The fourth-order valence-corrected chi connectivity index (χ4v) is 3.40. The Bertz CT molecular complexity index is 372. The maximum Gasteiger partial charge on any atom is 0.317 e. The van der Waals surface area contributed by atoms with Crippen molar-refractivity contribution in [1.29, 1.82) is 0 Å². The monoisotopic (exact) mass is 326 g/mol. The molecule has 2 saturated heterocycles. The Labute approximate surface area is 140 Å². The first kappa shape index (κ1) is 18.5. The van der Waals surface area contributed by atoms with E-state index in [0.29, 0.717) is 24.9 Å². The number of urea groups is 1. The van der Waals surface area contributed by atoms with Gasteiger partial charge in [0.15, 0.2) is 0 Å². The van der Waals surface area contributed by atoms with Crippen molar-refractivity contribution in [1.82, 2.24) is 20.0 Å². The highest BCUT2D eigenvalue weighted by Gasteiger charge is 2.27. The average Bonchev–Trinajstić information content (AvgIpc) is 2.56. The molecule has 0 radical (unpaired) electrons. The Morgan fingerprint density at radius 2 is 1.87 bits per heavy atom. The minimum Gasteiger partial charge on any atom is -0.391 e. The third kappa shape index (κ3) is 5.62. The largest absolute Gasteiger partial charge is 0.391 e.